The third-order valence-corrected chi connectivity index (χ3v) is 4.07. The highest BCUT2D eigenvalue weighted by atomic mass is 79.9. The third-order valence-electron chi connectivity index (χ3n) is 3.61. The highest BCUT2D eigenvalue weighted by Crippen LogP contribution is 2.21. The monoisotopic (exact) mass is 389 g/mol. The molecule has 3 aromatic rings. The molecule has 0 aliphatic carbocycles. The zero-order valence-corrected chi connectivity index (χ0v) is 14.1. The van der Waals surface area contributed by atoms with Gasteiger partial charge in [0.25, 0.3) is 5.69 Å². The average Bonchev–Trinajstić information content (AvgIpc) is 2.93. The van der Waals surface area contributed by atoms with Gasteiger partial charge in [-0.15, -0.1) is 0 Å². The summed E-state index contributed by atoms with van der Waals surface area (Å²) in [6, 6.07) is 11.3. The van der Waals surface area contributed by atoms with Crippen molar-refractivity contribution in [2.24, 2.45) is 0 Å². The van der Waals surface area contributed by atoms with Gasteiger partial charge in [-0.3, -0.25) is 10.1 Å². The van der Waals surface area contributed by atoms with Crippen molar-refractivity contribution < 1.29 is 9.31 Å². The van der Waals surface area contributed by atoms with Crippen molar-refractivity contribution in [1.29, 1.82) is 0 Å². The standard InChI is InChI=1S/C17H13BrFN3O2/c18-14-7-12(8-15(19)10-14)11-21-6-5-20-17(21)9-13-3-1-2-4-16(13)22(23)24/h1-8,10H,9,11H2. The summed E-state index contributed by atoms with van der Waals surface area (Å²) in [6.07, 6.45) is 3.75. The molecule has 5 nitrogen and oxygen atoms in total. The van der Waals surface area contributed by atoms with Crippen LogP contribution in [0.5, 0.6) is 0 Å². The van der Waals surface area contributed by atoms with E-state index in [0.29, 0.717) is 28.8 Å². The molecule has 1 heterocycles. The lowest BCUT2D eigenvalue weighted by Gasteiger charge is -2.09. The molecule has 7 heteroatoms. The van der Waals surface area contributed by atoms with Crippen molar-refractivity contribution in [3.8, 4) is 0 Å². The zero-order valence-electron chi connectivity index (χ0n) is 12.5. The molecule has 0 radical (unpaired) electrons. The molecule has 0 spiro atoms. The van der Waals surface area contributed by atoms with Gasteiger partial charge in [-0.1, -0.05) is 34.1 Å². The number of halogens is 2. The van der Waals surface area contributed by atoms with Gasteiger partial charge in [0.1, 0.15) is 11.6 Å². The van der Waals surface area contributed by atoms with Crippen LogP contribution in [0, 0.1) is 15.9 Å². The Morgan fingerprint density at radius 3 is 2.79 bits per heavy atom. The molecule has 0 atom stereocenters. The fraction of sp³-hybridized carbons (Fsp3) is 0.118. The van der Waals surface area contributed by atoms with Crippen LogP contribution in [0.4, 0.5) is 10.1 Å². The zero-order chi connectivity index (χ0) is 17.1. The lowest BCUT2D eigenvalue weighted by molar-refractivity contribution is -0.385. The van der Waals surface area contributed by atoms with Crippen molar-refractivity contribution in [2.75, 3.05) is 0 Å². The van der Waals surface area contributed by atoms with Gasteiger partial charge in [0.05, 0.1) is 4.92 Å². The highest BCUT2D eigenvalue weighted by molar-refractivity contribution is 9.10. The summed E-state index contributed by atoms with van der Waals surface area (Å²) in [5.74, 6) is 0.365. The summed E-state index contributed by atoms with van der Waals surface area (Å²) in [5, 5.41) is 11.1. The number of imidazole rings is 1. The van der Waals surface area contributed by atoms with E-state index in [1.165, 1.54) is 18.2 Å². The van der Waals surface area contributed by atoms with E-state index in [0.717, 1.165) is 5.56 Å². The van der Waals surface area contributed by atoms with Crippen molar-refractivity contribution in [3.63, 3.8) is 0 Å². The van der Waals surface area contributed by atoms with E-state index in [1.54, 1.807) is 30.6 Å². The lowest BCUT2D eigenvalue weighted by Crippen LogP contribution is -2.06. The summed E-state index contributed by atoms with van der Waals surface area (Å²) in [5.41, 5.74) is 1.44. The van der Waals surface area contributed by atoms with Crippen molar-refractivity contribution >= 4 is 21.6 Å². The predicted octanol–water partition coefficient (Wildman–Crippen LogP) is 4.33. The van der Waals surface area contributed by atoms with Crippen LogP contribution in [-0.4, -0.2) is 14.5 Å². The maximum absolute atomic E-state index is 13.5. The third kappa shape index (κ3) is 3.68. The summed E-state index contributed by atoms with van der Waals surface area (Å²) in [7, 11) is 0. The molecule has 0 bridgehead atoms. The second kappa shape index (κ2) is 6.92. The summed E-state index contributed by atoms with van der Waals surface area (Å²) < 4.78 is 16.0. The SMILES string of the molecule is O=[N+]([O-])c1ccccc1Cc1nccn1Cc1cc(F)cc(Br)c1. The predicted molar refractivity (Wildman–Crippen MR) is 91.3 cm³/mol. The number of benzene rings is 2. The minimum atomic E-state index is -0.397. The number of nitro benzene ring substituents is 1. The lowest BCUT2D eigenvalue weighted by atomic mass is 10.1. The molecule has 0 N–H and O–H groups in total. The summed E-state index contributed by atoms with van der Waals surface area (Å²) in [4.78, 5) is 15.0. The maximum Gasteiger partial charge on any atom is 0.273 e. The number of rotatable bonds is 5. The number of nitro groups is 1. The Balaban J connectivity index is 1.87. The minimum absolute atomic E-state index is 0.0700. The summed E-state index contributed by atoms with van der Waals surface area (Å²) >= 11 is 3.27. The van der Waals surface area contributed by atoms with Gasteiger partial charge >= 0.3 is 0 Å². The number of hydrogen-bond donors (Lipinski definition) is 0. The quantitative estimate of drug-likeness (QED) is 0.481. The largest absolute Gasteiger partial charge is 0.330 e. The molecule has 0 aliphatic rings. The first-order valence-corrected chi connectivity index (χ1v) is 7.99. The van der Waals surface area contributed by atoms with Crippen LogP contribution in [0.15, 0.2) is 59.3 Å². The molecule has 0 aliphatic heterocycles. The first kappa shape index (κ1) is 16.3. The van der Waals surface area contributed by atoms with Crippen LogP contribution in [0.2, 0.25) is 0 Å². The van der Waals surface area contributed by atoms with Gasteiger partial charge in [-0.2, -0.15) is 0 Å². The highest BCUT2D eigenvalue weighted by Gasteiger charge is 2.15. The molecule has 122 valence electrons. The van der Waals surface area contributed by atoms with Gasteiger partial charge in [0.15, 0.2) is 0 Å². The van der Waals surface area contributed by atoms with Gasteiger partial charge < -0.3 is 4.57 Å². The maximum atomic E-state index is 13.5. The second-order valence-corrected chi connectivity index (χ2v) is 6.23. The Labute approximate surface area is 146 Å². The second-order valence-electron chi connectivity index (χ2n) is 5.31. The number of nitrogens with zero attached hydrogens (tertiary/aromatic N) is 3. The van der Waals surface area contributed by atoms with Crippen LogP contribution >= 0.6 is 15.9 Å². The molecule has 2 aromatic carbocycles. The Kier molecular flexibility index (Phi) is 4.71. The summed E-state index contributed by atoms with van der Waals surface area (Å²) in [6.45, 7) is 0.437. The molecule has 0 fully saturated rings. The van der Waals surface area contributed by atoms with Crippen LogP contribution < -0.4 is 0 Å². The van der Waals surface area contributed by atoms with Gasteiger partial charge in [0, 0.05) is 41.5 Å². The number of aromatic nitrogens is 2. The van der Waals surface area contributed by atoms with Gasteiger partial charge in [-0.25, -0.2) is 9.37 Å². The Morgan fingerprint density at radius 1 is 1.25 bits per heavy atom. The fourth-order valence-corrected chi connectivity index (χ4v) is 3.07. The van der Waals surface area contributed by atoms with E-state index in [4.69, 9.17) is 0 Å². The average molecular weight is 390 g/mol. The Hall–Kier alpha value is -2.54. The Bertz CT molecular complexity index is 875. The van der Waals surface area contributed by atoms with Crippen molar-refractivity contribution in [3.05, 3.63) is 92.2 Å². The van der Waals surface area contributed by atoms with E-state index in [2.05, 4.69) is 20.9 Å². The van der Waals surface area contributed by atoms with Crippen LogP contribution in [0.25, 0.3) is 0 Å². The van der Waals surface area contributed by atoms with E-state index >= 15 is 0 Å². The fourth-order valence-electron chi connectivity index (χ4n) is 2.56. The van der Waals surface area contributed by atoms with Gasteiger partial charge in [-0.05, 0) is 23.8 Å². The normalized spacial score (nSPS) is 10.8. The van der Waals surface area contributed by atoms with E-state index < -0.39 is 4.92 Å². The smallest absolute Gasteiger partial charge is 0.273 e. The molecule has 0 saturated heterocycles. The van der Waals surface area contributed by atoms with E-state index in [-0.39, 0.29) is 11.5 Å². The topological polar surface area (TPSA) is 61.0 Å². The van der Waals surface area contributed by atoms with Crippen LogP contribution in [-0.2, 0) is 13.0 Å². The molecule has 1 aromatic heterocycles. The molecular formula is C17H13BrFN3O2. The molecular weight excluding hydrogens is 377 g/mol. The minimum Gasteiger partial charge on any atom is -0.330 e. The molecule has 24 heavy (non-hydrogen) atoms. The van der Waals surface area contributed by atoms with E-state index in [9.17, 15) is 14.5 Å². The first-order chi connectivity index (χ1) is 11.5. The van der Waals surface area contributed by atoms with Crippen molar-refractivity contribution in [2.45, 2.75) is 13.0 Å². The Morgan fingerprint density at radius 2 is 2.04 bits per heavy atom. The molecule has 0 amide bonds. The number of para-hydroxylation sites is 1. The van der Waals surface area contributed by atoms with Gasteiger partial charge in [0.2, 0.25) is 0 Å². The van der Waals surface area contributed by atoms with E-state index in [1.807, 2.05) is 10.6 Å². The number of hydrogen-bond acceptors (Lipinski definition) is 3. The van der Waals surface area contributed by atoms with Crippen molar-refractivity contribution in [1.82, 2.24) is 9.55 Å². The molecule has 0 saturated carbocycles. The van der Waals surface area contributed by atoms with Crippen LogP contribution in [0.1, 0.15) is 17.0 Å². The first-order valence-electron chi connectivity index (χ1n) is 7.20. The van der Waals surface area contributed by atoms with Crippen LogP contribution in [0.3, 0.4) is 0 Å². The molecule has 0 unspecified atom stereocenters. The molecule has 3 rings (SSSR count).